The molecule has 1 unspecified atom stereocenters. The molecule has 0 aromatic heterocycles. The van der Waals surface area contributed by atoms with E-state index in [2.05, 4.69) is 10.3 Å². The monoisotopic (exact) mass is 551 g/mol. The van der Waals surface area contributed by atoms with Crippen molar-refractivity contribution in [3.05, 3.63) is 83.7 Å². The predicted octanol–water partition coefficient (Wildman–Crippen LogP) is 4.74. The van der Waals surface area contributed by atoms with Crippen LogP contribution < -0.4 is 14.8 Å². The Morgan fingerprint density at radius 1 is 1.03 bits per heavy atom. The summed E-state index contributed by atoms with van der Waals surface area (Å²) in [4.78, 5) is 43.3. The SMILES string of the molecule is COc1ccc(CCN2C(=O)C(CC(=O)Nc3ccc(C(=O)O)cc3)SC2=Nc2ccc(F)cc2)cc1OC. The molecule has 0 spiro atoms. The molecule has 1 aliphatic rings. The van der Waals surface area contributed by atoms with Crippen LogP contribution in [0.2, 0.25) is 0 Å². The highest BCUT2D eigenvalue weighted by Crippen LogP contribution is 2.33. The van der Waals surface area contributed by atoms with Gasteiger partial charge in [-0.3, -0.25) is 14.5 Å². The van der Waals surface area contributed by atoms with Crippen LogP contribution in [0.3, 0.4) is 0 Å². The molecule has 1 heterocycles. The second kappa shape index (κ2) is 12.4. The second-order valence-electron chi connectivity index (χ2n) is 8.54. The summed E-state index contributed by atoms with van der Waals surface area (Å²) in [5.74, 6) is -0.962. The molecule has 3 aromatic rings. The van der Waals surface area contributed by atoms with Gasteiger partial charge in [-0.05, 0) is 72.6 Å². The number of anilines is 1. The van der Waals surface area contributed by atoms with Crippen molar-refractivity contribution in [2.24, 2.45) is 4.99 Å². The predicted molar refractivity (Wildman–Crippen MR) is 146 cm³/mol. The number of amidine groups is 1. The number of carbonyl (C=O) groups excluding carboxylic acids is 2. The van der Waals surface area contributed by atoms with Crippen molar-refractivity contribution in [2.45, 2.75) is 18.1 Å². The van der Waals surface area contributed by atoms with Crippen molar-refractivity contribution >= 4 is 46.1 Å². The second-order valence-corrected chi connectivity index (χ2v) is 9.71. The summed E-state index contributed by atoms with van der Waals surface area (Å²) in [5.41, 5.74) is 1.91. The van der Waals surface area contributed by atoms with Gasteiger partial charge in [-0.15, -0.1) is 0 Å². The molecule has 1 fully saturated rings. The number of ether oxygens (including phenoxy) is 2. The zero-order valence-corrected chi connectivity index (χ0v) is 22.0. The molecule has 11 heteroatoms. The molecule has 202 valence electrons. The van der Waals surface area contributed by atoms with Crippen LogP contribution >= 0.6 is 11.8 Å². The summed E-state index contributed by atoms with van der Waals surface area (Å²) in [5, 5.41) is 11.4. The fraction of sp³-hybridized carbons (Fsp3) is 0.214. The molecule has 0 saturated carbocycles. The molecule has 4 rings (SSSR count). The van der Waals surface area contributed by atoms with E-state index in [-0.39, 0.29) is 17.9 Å². The number of methoxy groups -OCH3 is 2. The van der Waals surface area contributed by atoms with Crippen LogP contribution in [-0.4, -0.2) is 59.0 Å². The maximum Gasteiger partial charge on any atom is 0.335 e. The number of nitrogens with zero attached hydrogens (tertiary/aromatic N) is 2. The Hall–Kier alpha value is -4.38. The van der Waals surface area contributed by atoms with Crippen molar-refractivity contribution in [1.29, 1.82) is 0 Å². The summed E-state index contributed by atoms with van der Waals surface area (Å²) < 4.78 is 24.1. The van der Waals surface area contributed by atoms with E-state index in [0.717, 1.165) is 5.56 Å². The normalized spacial score (nSPS) is 15.9. The number of hydrogen-bond donors (Lipinski definition) is 2. The fourth-order valence-corrected chi connectivity index (χ4v) is 5.09. The molecule has 2 amide bonds. The number of halogens is 1. The summed E-state index contributed by atoms with van der Waals surface area (Å²) >= 11 is 1.17. The number of amides is 2. The average Bonchev–Trinajstić information content (AvgIpc) is 3.21. The van der Waals surface area contributed by atoms with E-state index < -0.39 is 22.9 Å². The van der Waals surface area contributed by atoms with E-state index >= 15 is 0 Å². The van der Waals surface area contributed by atoms with E-state index in [4.69, 9.17) is 14.6 Å². The highest BCUT2D eigenvalue weighted by molar-refractivity contribution is 8.15. The third-order valence-electron chi connectivity index (χ3n) is 5.93. The van der Waals surface area contributed by atoms with Crippen LogP contribution in [-0.2, 0) is 16.0 Å². The standard InChI is InChI=1S/C28H26FN3O6S/c1-37-22-12-3-17(15-23(22)38-2)13-14-32-26(34)24(39-28(32)31-21-10-6-19(29)7-11-21)16-25(33)30-20-8-4-18(5-9-20)27(35)36/h3-12,15,24H,13-14,16H2,1-2H3,(H,30,33)(H,35,36). The van der Waals surface area contributed by atoms with Gasteiger partial charge in [-0.25, -0.2) is 14.2 Å². The lowest BCUT2D eigenvalue weighted by molar-refractivity contribution is -0.128. The Kier molecular flexibility index (Phi) is 8.82. The zero-order chi connectivity index (χ0) is 27.9. The van der Waals surface area contributed by atoms with Crippen molar-refractivity contribution in [3.63, 3.8) is 0 Å². The molecule has 1 aliphatic heterocycles. The Balaban J connectivity index is 1.50. The van der Waals surface area contributed by atoms with Gasteiger partial charge < -0.3 is 19.9 Å². The number of aromatic carboxylic acids is 1. The lowest BCUT2D eigenvalue weighted by Crippen LogP contribution is -2.35. The number of carboxylic acids is 1. The molecule has 0 radical (unpaired) electrons. The van der Waals surface area contributed by atoms with E-state index in [1.807, 2.05) is 12.1 Å². The van der Waals surface area contributed by atoms with Crippen LogP contribution in [0, 0.1) is 5.82 Å². The minimum atomic E-state index is -1.07. The lowest BCUT2D eigenvalue weighted by Gasteiger charge is -2.17. The third-order valence-corrected chi connectivity index (χ3v) is 7.11. The molecule has 9 nitrogen and oxygen atoms in total. The van der Waals surface area contributed by atoms with Gasteiger partial charge in [0.25, 0.3) is 0 Å². The minimum absolute atomic E-state index is 0.0984. The van der Waals surface area contributed by atoms with Crippen LogP contribution in [0.4, 0.5) is 15.8 Å². The Morgan fingerprint density at radius 3 is 2.36 bits per heavy atom. The molecule has 0 aliphatic carbocycles. The topological polar surface area (TPSA) is 118 Å². The molecule has 1 saturated heterocycles. The van der Waals surface area contributed by atoms with Crippen molar-refractivity contribution in [2.75, 3.05) is 26.1 Å². The first kappa shape index (κ1) is 27.6. The number of benzene rings is 3. The Labute approximate surface area is 228 Å². The smallest absolute Gasteiger partial charge is 0.335 e. The van der Waals surface area contributed by atoms with Crippen molar-refractivity contribution < 1.29 is 33.4 Å². The van der Waals surface area contributed by atoms with Gasteiger partial charge >= 0.3 is 5.97 Å². The van der Waals surface area contributed by atoms with Gasteiger partial charge in [-0.2, -0.15) is 0 Å². The molecule has 1 atom stereocenters. The number of aliphatic imine (C=N–C) groups is 1. The largest absolute Gasteiger partial charge is 0.493 e. The highest BCUT2D eigenvalue weighted by Gasteiger charge is 2.39. The Bertz CT molecular complexity index is 1400. The molecular formula is C28H26FN3O6S. The molecule has 0 bridgehead atoms. The summed E-state index contributed by atoms with van der Waals surface area (Å²) in [7, 11) is 3.10. The lowest BCUT2D eigenvalue weighted by atomic mass is 10.1. The minimum Gasteiger partial charge on any atom is -0.493 e. The fourth-order valence-electron chi connectivity index (χ4n) is 3.91. The van der Waals surface area contributed by atoms with E-state index in [9.17, 15) is 18.8 Å². The first-order valence-electron chi connectivity index (χ1n) is 11.9. The number of carboxylic acid groups (broad SMARTS) is 1. The number of rotatable bonds is 10. The summed E-state index contributed by atoms with van der Waals surface area (Å²) in [6, 6.07) is 16.9. The van der Waals surface area contributed by atoms with Gasteiger partial charge in [0.15, 0.2) is 16.7 Å². The number of thioether (sulfide) groups is 1. The summed E-state index contributed by atoms with van der Waals surface area (Å²) in [6.45, 7) is 0.302. The number of nitrogens with one attached hydrogen (secondary N) is 1. The molecule has 39 heavy (non-hydrogen) atoms. The van der Waals surface area contributed by atoms with E-state index in [1.165, 1.54) is 65.2 Å². The number of hydrogen-bond acceptors (Lipinski definition) is 7. The Morgan fingerprint density at radius 2 is 1.72 bits per heavy atom. The van der Waals surface area contributed by atoms with Gasteiger partial charge in [0.1, 0.15) is 11.1 Å². The average molecular weight is 552 g/mol. The van der Waals surface area contributed by atoms with Crippen molar-refractivity contribution in [1.82, 2.24) is 4.90 Å². The van der Waals surface area contributed by atoms with Crippen LogP contribution in [0.15, 0.2) is 71.7 Å². The third kappa shape index (κ3) is 6.94. The van der Waals surface area contributed by atoms with Gasteiger partial charge in [-0.1, -0.05) is 17.8 Å². The molecule has 3 aromatic carbocycles. The molecular weight excluding hydrogens is 525 g/mol. The molecule has 2 N–H and O–H groups in total. The van der Waals surface area contributed by atoms with E-state index in [0.29, 0.717) is 41.0 Å². The zero-order valence-electron chi connectivity index (χ0n) is 21.2. The maximum absolute atomic E-state index is 13.4. The van der Waals surface area contributed by atoms with E-state index in [1.54, 1.807) is 20.3 Å². The van der Waals surface area contributed by atoms with Crippen LogP contribution in [0.1, 0.15) is 22.3 Å². The highest BCUT2D eigenvalue weighted by atomic mass is 32.2. The van der Waals surface area contributed by atoms with Gasteiger partial charge in [0, 0.05) is 18.7 Å². The quantitative estimate of drug-likeness (QED) is 0.374. The first-order valence-corrected chi connectivity index (χ1v) is 12.8. The van der Waals surface area contributed by atoms with Crippen LogP contribution in [0.5, 0.6) is 11.5 Å². The maximum atomic E-state index is 13.4. The summed E-state index contributed by atoms with van der Waals surface area (Å²) in [6.07, 6.45) is 0.378. The first-order chi connectivity index (χ1) is 18.8. The van der Waals surface area contributed by atoms with Gasteiger partial charge in [0.2, 0.25) is 11.8 Å². The van der Waals surface area contributed by atoms with Crippen LogP contribution in [0.25, 0.3) is 0 Å². The number of carbonyl (C=O) groups is 3. The van der Waals surface area contributed by atoms with Crippen molar-refractivity contribution in [3.8, 4) is 11.5 Å². The van der Waals surface area contributed by atoms with Gasteiger partial charge in [0.05, 0.1) is 25.5 Å².